The van der Waals surface area contributed by atoms with Crippen LogP contribution < -0.4 is 10.1 Å². The lowest BCUT2D eigenvalue weighted by Gasteiger charge is -2.24. The molecule has 18 heavy (non-hydrogen) atoms. The van der Waals surface area contributed by atoms with E-state index in [2.05, 4.69) is 5.32 Å². The number of aliphatic hydroxyl groups is 1. The van der Waals surface area contributed by atoms with Gasteiger partial charge in [0.25, 0.3) is 0 Å². The second-order valence-corrected chi connectivity index (χ2v) is 4.92. The first-order chi connectivity index (χ1) is 8.46. The first-order valence-electron chi connectivity index (χ1n) is 5.96. The summed E-state index contributed by atoms with van der Waals surface area (Å²) in [5, 5.41) is 13.1. The van der Waals surface area contributed by atoms with Gasteiger partial charge < -0.3 is 15.2 Å². The van der Waals surface area contributed by atoms with Crippen LogP contribution in [0.4, 0.5) is 4.39 Å². The van der Waals surface area contributed by atoms with Crippen molar-refractivity contribution in [1.82, 2.24) is 5.32 Å². The molecule has 0 saturated heterocycles. The SMILES string of the molecule is CCCNCC(C)(O)COc1cccc(Cl)c1F. The molecule has 5 heteroatoms. The van der Waals surface area contributed by atoms with E-state index in [1.54, 1.807) is 13.0 Å². The summed E-state index contributed by atoms with van der Waals surface area (Å²) >= 11 is 5.64. The zero-order valence-electron chi connectivity index (χ0n) is 10.7. The first-order valence-corrected chi connectivity index (χ1v) is 6.34. The van der Waals surface area contributed by atoms with E-state index in [0.29, 0.717) is 6.54 Å². The molecule has 0 spiro atoms. The van der Waals surface area contributed by atoms with Crippen LogP contribution in [0.25, 0.3) is 0 Å². The van der Waals surface area contributed by atoms with Crippen molar-refractivity contribution in [2.45, 2.75) is 25.9 Å². The Balaban J connectivity index is 2.50. The number of rotatable bonds is 7. The van der Waals surface area contributed by atoms with Gasteiger partial charge in [-0.3, -0.25) is 0 Å². The molecule has 1 atom stereocenters. The number of hydrogen-bond donors (Lipinski definition) is 2. The molecule has 1 unspecified atom stereocenters. The molecule has 0 aliphatic carbocycles. The lowest BCUT2D eigenvalue weighted by molar-refractivity contribution is 0.0113. The summed E-state index contributed by atoms with van der Waals surface area (Å²) in [6.45, 7) is 4.89. The van der Waals surface area contributed by atoms with E-state index < -0.39 is 11.4 Å². The molecule has 1 aromatic carbocycles. The summed E-state index contributed by atoms with van der Waals surface area (Å²) in [7, 11) is 0. The van der Waals surface area contributed by atoms with Crippen LogP contribution in [0.15, 0.2) is 18.2 Å². The van der Waals surface area contributed by atoms with Crippen LogP contribution in [-0.2, 0) is 0 Å². The van der Waals surface area contributed by atoms with Gasteiger partial charge in [-0.05, 0) is 32.0 Å². The summed E-state index contributed by atoms with van der Waals surface area (Å²) < 4.78 is 18.8. The van der Waals surface area contributed by atoms with E-state index in [9.17, 15) is 9.50 Å². The molecule has 0 radical (unpaired) electrons. The highest BCUT2D eigenvalue weighted by molar-refractivity contribution is 6.30. The van der Waals surface area contributed by atoms with E-state index in [1.165, 1.54) is 12.1 Å². The average molecular weight is 276 g/mol. The van der Waals surface area contributed by atoms with E-state index >= 15 is 0 Å². The second kappa shape index (κ2) is 6.92. The molecule has 0 heterocycles. The summed E-state index contributed by atoms with van der Waals surface area (Å²) in [4.78, 5) is 0. The zero-order valence-corrected chi connectivity index (χ0v) is 11.4. The number of benzene rings is 1. The molecule has 0 saturated carbocycles. The molecule has 102 valence electrons. The van der Waals surface area contributed by atoms with Gasteiger partial charge in [-0.15, -0.1) is 0 Å². The molecule has 1 rings (SSSR count). The van der Waals surface area contributed by atoms with Gasteiger partial charge in [0.05, 0.1) is 5.02 Å². The van der Waals surface area contributed by atoms with Gasteiger partial charge in [0.2, 0.25) is 0 Å². The van der Waals surface area contributed by atoms with Crippen molar-refractivity contribution in [3.05, 3.63) is 29.0 Å². The van der Waals surface area contributed by atoms with Crippen molar-refractivity contribution in [1.29, 1.82) is 0 Å². The topological polar surface area (TPSA) is 41.5 Å². The van der Waals surface area contributed by atoms with Crippen LogP contribution in [0.3, 0.4) is 0 Å². The van der Waals surface area contributed by atoms with Crippen LogP contribution >= 0.6 is 11.6 Å². The van der Waals surface area contributed by atoms with E-state index in [1.807, 2.05) is 6.92 Å². The molecule has 1 aromatic rings. The Morgan fingerprint density at radius 1 is 1.50 bits per heavy atom. The third kappa shape index (κ3) is 4.80. The Morgan fingerprint density at radius 3 is 2.89 bits per heavy atom. The molecule has 0 fully saturated rings. The van der Waals surface area contributed by atoms with Crippen molar-refractivity contribution < 1.29 is 14.2 Å². The molecule has 3 nitrogen and oxygen atoms in total. The second-order valence-electron chi connectivity index (χ2n) is 4.51. The molecule has 0 aromatic heterocycles. The highest BCUT2D eigenvalue weighted by atomic mass is 35.5. The molecule has 0 amide bonds. The Morgan fingerprint density at radius 2 is 2.22 bits per heavy atom. The first kappa shape index (κ1) is 15.2. The number of halogens is 2. The number of ether oxygens (including phenoxy) is 1. The summed E-state index contributed by atoms with van der Waals surface area (Å²) in [6.07, 6.45) is 0.986. The van der Waals surface area contributed by atoms with Crippen molar-refractivity contribution >= 4 is 11.6 Å². The quantitative estimate of drug-likeness (QED) is 0.752. The predicted octanol–water partition coefficient (Wildman–Crippen LogP) is 2.61. The van der Waals surface area contributed by atoms with Crippen LogP contribution in [0.5, 0.6) is 5.75 Å². The average Bonchev–Trinajstić information content (AvgIpc) is 2.31. The van der Waals surface area contributed by atoms with Crippen molar-refractivity contribution in [3.63, 3.8) is 0 Å². The maximum absolute atomic E-state index is 13.5. The maximum atomic E-state index is 13.5. The fraction of sp³-hybridized carbons (Fsp3) is 0.538. The lowest BCUT2D eigenvalue weighted by Crippen LogP contribution is -2.43. The Labute approximate surface area is 112 Å². The monoisotopic (exact) mass is 275 g/mol. The van der Waals surface area contributed by atoms with Gasteiger partial charge in [-0.1, -0.05) is 24.6 Å². The van der Waals surface area contributed by atoms with Gasteiger partial charge in [0.15, 0.2) is 11.6 Å². The predicted molar refractivity (Wildman–Crippen MR) is 70.7 cm³/mol. The van der Waals surface area contributed by atoms with E-state index in [4.69, 9.17) is 16.3 Å². The van der Waals surface area contributed by atoms with Gasteiger partial charge in [-0.25, -0.2) is 4.39 Å². The Hall–Kier alpha value is -0.840. The van der Waals surface area contributed by atoms with Gasteiger partial charge in [-0.2, -0.15) is 0 Å². The minimum Gasteiger partial charge on any atom is -0.487 e. The van der Waals surface area contributed by atoms with Gasteiger partial charge in [0, 0.05) is 6.54 Å². The summed E-state index contributed by atoms with van der Waals surface area (Å²) in [6, 6.07) is 4.53. The molecular weight excluding hydrogens is 257 g/mol. The van der Waals surface area contributed by atoms with Crippen molar-refractivity contribution in [2.75, 3.05) is 19.7 Å². The standard InChI is InChI=1S/C13H19ClFNO2/c1-3-7-16-8-13(2,17)9-18-11-6-4-5-10(14)12(11)15/h4-6,16-17H,3,7-9H2,1-2H3. The van der Waals surface area contributed by atoms with Crippen LogP contribution in [0.1, 0.15) is 20.3 Å². The summed E-state index contributed by atoms with van der Waals surface area (Å²) in [5.41, 5.74) is -1.05. The zero-order chi connectivity index (χ0) is 13.6. The fourth-order valence-electron chi connectivity index (χ4n) is 1.41. The van der Waals surface area contributed by atoms with Gasteiger partial charge in [0.1, 0.15) is 12.2 Å². The number of hydrogen-bond acceptors (Lipinski definition) is 3. The van der Waals surface area contributed by atoms with E-state index in [-0.39, 0.29) is 17.4 Å². The summed E-state index contributed by atoms with van der Waals surface area (Å²) in [5.74, 6) is -0.547. The number of nitrogens with one attached hydrogen (secondary N) is 1. The minimum absolute atomic E-state index is 0.000969. The van der Waals surface area contributed by atoms with E-state index in [0.717, 1.165) is 13.0 Å². The van der Waals surface area contributed by atoms with Crippen molar-refractivity contribution in [3.8, 4) is 5.75 Å². The normalized spacial score (nSPS) is 14.3. The van der Waals surface area contributed by atoms with Crippen molar-refractivity contribution in [2.24, 2.45) is 0 Å². The molecule has 0 aliphatic heterocycles. The van der Waals surface area contributed by atoms with Gasteiger partial charge >= 0.3 is 0 Å². The minimum atomic E-state index is -1.05. The Bertz CT molecular complexity index is 385. The van der Waals surface area contributed by atoms with Crippen LogP contribution in [0, 0.1) is 5.82 Å². The van der Waals surface area contributed by atoms with Crippen LogP contribution in [0.2, 0.25) is 5.02 Å². The highest BCUT2D eigenvalue weighted by Crippen LogP contribution is 2.24. The molecular formula is C13H19ClFNO2. The third-order valence-corrected chi connectivity index (χ3v) is 2.68. The largest absolute Gasteiger partial charge is 0.487 e. The fourth-order valence-corrected chi connectivity index (χ4v) is 1.58. The van der Waals surface area contributed by atoms with Crippen LogP contribution in [-0.4, -0.2) is 30.4 Å². The lowest BCUT2D eigenvalue weighted by atomic mass is 10.1. The maximum Gasteiger partial charge on any atom is 0.183 e. The smallest absolute Gasteiger partial charge is 0.183 e. The third-order valence-electron chi connectivity index (χ3n) is 2.39. The highest BCUT2D eigenvalue weighted by Gasteiger charge is 2.21. The Kier molecular flexibility index (Phi) is 5.85. The molecule has 0 aliphatic rings. The molecule has 0 bridgehead atoms. The molecule has 2 N–H and O–H groups in total.